The number of anilines is 1. The van der Waals surface area contributed by atoms with Crippen LogP contribution in [0.25, 0.3) is 22.4 Å². The maximum absolute atomic E-state index is 13.3. The maximum Gasteiger partial charge on any atom is 0.158 e. The van der Waals surface area contributed by atoms with E-state index in [0.717, 1.165) is 41.3 Å². The summed E-state index contributed by atoms with van der Waals surface area (Å²) in [6, 6.07) is 10.5. The van der Waals surface area contributed by atoms with E-state index >= 15 is 0 Å². The number of pyridine rings is 1. The molecular weight excluding hydrogens is 303 g/mol. The highest BCUT2D eigenvalue weighted by Crippen LogP contribution is 2.39. The van der Waals surface area contributed by atoms with E-state index in [2.05, 4.69) is 27.0 Å². The molecule has 0 spiro atoms. The summed E-state index contributed by atoms with van der Waals surface area (Å²) in [4.78, 5) is 6.44. The lowest BCUT2D eigenvalue weighted by molar-refractivity contribution is 0.628. The van der Waals surface area contributed by atoms with Gasteiger partial charge in [-0.05, 0) is 54.3 Å². The van der Waals surface area contributed by atoms with Gasteiger partial charge in [0.15, 0.2) is 5.82 Å². The molecule has 1 aromatic carbocycles. The van der Waals surface area contributed by atoms with Gasteiger partial charge < -0.3 is 4.90 Å². The van der Waals surface area contributed by atoms with Crippen molar-refractivity contribution >= 4 is 5.82 Å². The number of rotatable bonds is 3. The molecule has 3 aromatic rings. The van der Waals surface area contributed by atoms with Crippen LogP contribution in [-0.4, -0.2) is 28.3 Å². The van der Waals surface area contributed by atoms with E-state index in [9.17, 15) is 4.39 Å². The SMILES string of the molecule is CC1CCN(c2n[nH]c(-c3ccc(F)cc3)c2-c2ccncc2)C1. The molecule has 0 aliphatic carbocycles. The predicted molar refractivity (Wildman–Crippen MR) is 93.2 cm³/mol. The minimum atomic E-state index is -0.239. The summed E-state index contributed by atoms with van der Waals surface area (Å²) in [5.41, 5.74) is 3.95. The van der Waals surface area contributed by atoms with Gasteiger partial charge in [-0.25, -0.2) is 4.39 Å². The number of aromatic nitrogens is 3. The Kier molecular flexibility index (Phi) is 3.76. The summed E-state index contributed by atoms with van der Waals surface area (Å²) in [5.74, 6) is 1.39. The minimum Gasteiger partial charge on any atom is -0.354 e. The zero-order valence-corrected chi connectivity index (χ0v) is 13.5. The van der Waals surface area contributed by atoms with E-state index in [1.807, 2.05) is 12.1 Å². The fourth-order valence-corrected chi connectivity index (χ4v) is 3.31. The highest BCUT2D eigenvalue weighted by Gasteiger charge is 2.26. The molecule has 1 aliphatic rings. The molecule has 0 amide bonds. The zero-order valence-electron chi connectivity index (χ0n) is 13.5. The molecule has 2 aromatic heterocycles. The molecule has 3 heterocycles. The second-order valence-electron chi connectivity index (χ2n) is 6.38. The van der Waals surface area contributed by atoms with Gasteiger partial charge in [-0.1, -0.05) is 6.92 Å². The highest BCUT2D eigenvalue weighted by molar-refractivity contribution is 5.89. The number of aromatic amines is 1. The Morgan fingerprint density at radius 3 is 2.50 bits per heavy atom. The highest BCUT2D eigenvalue weighted by atomic mass is 19.1. The van der Waals surface area contributed by atoms with Crippen LogP contribution < -0.4 is 4.90 Å². The Bertz CT molecular complexity index is 826. The summed E-state index contributed by atoms with van der Waals surface area (Å²) in [5, 5.41) is 7.76. The first kappa shape index (κ1) is 14.9. The van der Waals surface area contributed by atoms with Gasteiger partial charge in [0.1, 0.15) is 5.82 Å². The van der Waals surface area contributed by atoms with Crippen molar-refractivity contribution in [2.75, 3.05) is 18.0 Å². The molecule has 1 unspecified atom stereocenters. The number of nitrogens with one attached hydrogen (secondary N) is 1. The Labute approximate surface area is 140 Å². The van der Waals surface area contributed by atoms with Crippen molar-refractivity contribution in [2.24, 2.45) is 5.92 Å². The van der Waals surface area contributed by atoms with Gasteiger partial charge in [0.2, 0.25) is 0 Å². The fraction of sp³-hybridized carbons (Fsp3) is 0.263. The van der Waals surface area contributed by atoms with Gasteiger partial charge in [-0.3, -0.25) is 10.1 Å². The number of hydrogen-bond acceptors (Lipinski definition) is 3. The topological polar surface area (TPSA) is 44.8 Å². The average Bonchev–Trinajstić information content (AvgIpc) is 3.22. The Morgan fingerprint density at radius 1 is 1.08 bits per heavy atom. The summed E-state index contributed by atoms with van der Waals surface area (Å²) < 4.78 is 13.3. The van der Waals surface area contributed by atoms with E-state index in [1.165, 1.54) is 18.6 Å². The molecule has 1 atom stereocenters. The fourth-order valence-electron chi connectivity index (χ4n) is 3.31. The number of H-pyrrole nitrogens is 1. The summed E-state index contributed by atoms with van der Waals surface area (Å²) >= 11 is 0. The van der Waals surface area contributed by atoms with Crippen molar-refractivity contribution in [3.63, 3.8) is 0 Å². The number of hydrogen-bond donors (Lipinski definition) is 1. The predicted octanol–water partition coefficient (Wildman–Crippen LogP) is 4.12. The smallest absolute Gasteiger partial charge is 0.158 e. The van der Waals surface area contributed by atoms with E-state index < -0.39 is 0 Å². The molecule has 0 radical (unpaired) electrons. The molecule has 122 valence electrons. The van der Waals surface area contributed by atoms with Gasteiger partial charge in [0, 0.05) is 31.0 Å². The van der Waals surface area contributed by atoms with Crippen molar-refractivity contribution in [3.8, 4) is 22.4 Å². The van der Waals surface area contributed by atoms with E-state index in [1.54, 1.807) is 24.5 Å². The largest absolute Gasteiger partial charge is 0.354 e. The average molecular weight is 322 g/mol. The van der Waals surface area contributed by atoms with Gasteiger partial charge in [-0.2, -0.15) is 5.10 Å². The lowest BCUT2D eigenvalue weighted by Gasteiger charge is -2.17. The maximum atomic E-state index is 13.3. The van der Waals surface area contributed by atoms with Crippen LogP contribution in [0, 0.1) is 11.7 Å². The number of halogens is 1. The lowest BCUT2D eigenvalue weighted by Crippen LogP contribution is -2.20. The summed E-state index contributed by atoms with van der Waals surface area (Å²) in [6.45, 7) is 4.28. The van der Waals surface area contributed by atoms with Crippen molar-refractivity contribution in [3.05, 3.63) is 54.6 Å². The normalized spacial score (nSPS) is 17.4. The summed E-state index contributed by atoms with van der Waals surface area (Å²) in [7, 11) is 0. The first-order chi connectivity index (χ1) is 11.7. The van der Waals surface area contributed by atoms with Crippen molar-refractivity contribution in [1.29, 1.82) is 0 Å². The first-order valence-corrected chi connectivity index (χ1v) is 8.22. The molecule has 0 saturated carbocycles. The third-order valence-electron chi connectivity index (χ3n) is 4.57. The quantitative estimate of drug-likeness (QED) is 0.789. The van der Waals surface area contributed by atoms with Crippen molar-refractivity contribution in [2.45, 2.75) is 13.3 Å². The van der Waals surface area contributed by atoms with Crippen LogP contribution in [-0.2, 0) is 0 Å². The second-order valence-corrected chi connectivity index (χ2v) is 6.38. The van der Waals surface area contributed by atoms with Gasteiger partial charge in [-0.15, -0.1) is 0 Å². The van der Waals surface area contributed by atoms with Crippen LogP contribution in [0.2, 0.25) is 0 Å². The Morgan fingerprint density at radius 2 is 1.83 bits per heavy atom. The molecule has 5 heteroatoms. The molecule has 4 nitrogen and oxygen atoms in total. The van der Waals surface area contributed by atoms with Gasteiger partial charge in [0.25, 0.3) is 0 Å². The summed E-state index contributed by atoms with van der Waals surface area (Å²) in [6.07, 6.45) is 4.74. The van der Waals surface area contributed by atoms with Crippen LogP contribution in [0.15, 0.2) is 48.8 Å². The molecule has 1 N–H and O–H groups in total. The van der Waals surface area contributed by atoms with Crippen LogP contribution in [0.5, 0.6) is 0 Å². The Balaban J connectivity index is 1.85. The van der Waals surface area contributed by atoms with Crippen LogP contribution in [0.3, 0.4) is 0 Å². The van der Waals surface area contributed by atoms with E-state index in [4.69, 9.17) is 0 Å². The number of nitrogens with zero attached hydrogens (tertiary/aromatic N) is 3. The molecule has 1 aliphatic heterocycles. The van der Waals surface area contributed by atoms with Crippen LogP contribution in [0.1, 0.15) is 13.3 Å². The third kappa shape index (κ3) is 2.66. The molecular formula is C19H19FN4. The molecule has 1 saturated heterocycles. The lowest BCUT2D eigenvalue weighted by atomic mass is 10.0. The monoisotopic (exact) mass is 322 g/mol. The van der Waals surface area contributed by atoms with Gasteiger partial charge in [0.05, 0.1) is 11.3 Å². The van der Waals surface area contributed by atoms with Gasteiger partial charge >= 0.3 is 0 Å². The molecule has 4 rings (SSSR count). The Hall–Kier alpha value is -2.69. The van der Waals surface area contributed by atoms with Crippen LogP contribution >= 0.6 is 0 Å². The molecule has 1 fully saturated rings. The van der Waals surface area contributed by atoms with Crippen molar-refractivity contribution < 1.29 is 4.39 Å². The molecule has 24 heavy (non-hydrogen) atoms. The third-order valence-corrected chi connectivity index (χ3v) is 4.57. The van der Waals surface area contributed by atoms with E-state index in [-0.39, 0.29) is 5.82 Å². The minimum absolute atomic E-state index is 0.239. The standard InChI is InChI=1S/C19H19FN4/c1-13-8-11-24(12-13)19-17(14-6-9-21-10-7-14)18(22-23-19)15-2-4-16(20)5-3-15/h2-7,9-10,13H,8,11-12H2,1H3,(H,22,23). The van der Waals surface area contributed by atoms with E-state index in [0.29, 0.717) is 5.92 Å². The number of benzene rings is 1. The van der Waals surface area contributed by atoms with Crippen molar-refractivity contribution in [1.82, 2.24) is 15.2 Å². The zero-order chi connectivity index (χ0) is 16.5. The first-order valence-electron chi connectivity index (χ1n) is 8.22. The second kappa shape index (κ2) is 6.07. The van der Waals surface area contributed by atoms with Crippen LogP contribution in [0.4, 0.5) is 10.2 Å². The molecule has 0 bridgehead atoms.